The van der Waals surface area contributed by atoms with Crippen LogP contribution in [0.15, 0.2) is 48.5 Å². The van der Waals surface area contributed by atoms with Gasteiger partial charge in [0.15, 0.2) is 0 Å². The Morgan fingerprint density at radius 3 is 2.69 bits per heavy atom. The van der Waals surface area contributed by atoms with Crippen LogP contribution in [-0.2, 0) is 13.0 Å². The third-order valence-electron chi connectivity index (χ3n) is 7.10. The van der Waals surface area contributed by atoms with Gasteiger partial charge in [-0.3, -0.25) is 0 Å². The molecule has 1 fully saturated rings. The Balaban J connectivity index is 1.29. The number of para-hydroxylation sites is 2. The maximum atomic E-state index is 10.6. The fraction of sp³-hybridized carbons (Fsp3) is 0.481. The van der Waals surface area contributed by atoms with Crippen molar-refractivity contribution >= 4 is 10.9 Å². The lowest BCUT2D eigenvalue weighted by atomic mass is 10.0. The van der Waals surface area contributed by atoms with E-state index in [1.54, 1.807) is 0 Å². The van der Waals surface area contributed by atoms with E-state index in [-0.39, 0.29) is 6.10 Å². The Morgan fingerprint density at radius 2 is 1.81 bits per heavy atom. The average molecular weight is 434 g/mol. The summed E-state index contributed by atoms with van der Waals surface area (Å²) < 4.78 is 8.55. The Morgan fingerprint density at radius 1 is 1.03 bits per heavy atom. The summed E-state index contributed by atoms with van der Waals surface area (Å²) in [5.41, 5.74) is 11.2. The maximum absolute atomic E-state index is 10.6. The molecule has 32 heavy (non-hydrogen) atoms. The molecule has 2 aliphatic heterocycles. The van der Waals surface area contributed by atoms with E-state index in [1.165, 1.54) is 27.7 Å². The van der Waals surface area contributed by atoms with Crippen LogP contribution in [-0.4, -0.2) is 53.0 Å². The van der Waals surface area contributed by atoms with Gasteiger partial charge in [-0.15, -0.1) is 0 Å². The number of aliphatic hydroxyl groups excluding tert-OH is 1. The van der Waals surface area contributed by atoms with E-state index in [0.29, 0.717) is 12.6 Å². The first kappa shape index (κ1) is 21.5. The molecule has 1 saturated heterocycles. The van der Waals surface area contributed by atoms with E-state index in [9.17, 15) is 5.11 Å². The maximum Gasteiger partial charge on any atom is 0.128 e. The van der Waals surface area contributed by atoms with Crippen LogP contribution >= 0.6 is 0 Å². The van der Waals surface area contributed by atoms with Gasteiger partial charge in [0, 0.05) is 42.0 Å². The summed E-state index contributed by atoms with van der Waals surface area (Å²) >= 11 is 0. The Labute approximate surface area is 190 Å². The van der Waals surface area contributed by atoms with Crippen molar-refractivity contribution in [2.45, 2.75) is 57.2 Å². The number of β-amino-alcohol motifs (C(OH)–C–C–N with tert-alkyl or cyclic N) is 1. The van der Waals surface area contributed by atoms with Gasteiger partial charge in [-0.2, -0.15) is 0 Å². The zero-order valence-electron chi connectivity index (χ0n) is 18.9. The van der Waals surface area contributed by atoms with Crippen LogP contribution in [0.5, 0.6) is 5.75 Å². The van der Waals surface area contributed by atoms with Gasteiger partial charge in [0.2, 0.25) is 0 Å². The zero-order valence-corrected chi connectivity index (χ0v) is 18.9. The lowest BCUT2D eigenvalue weighted by Gasteiger charge is -2.31. The number of nitrogens with two attached hydrogens (primary N) is 1. The highest BCUT2D eigenvalue weighted by Gasteiger charge is 2.23. The highest BCUT2D eigenvalue weighted by molar-refractivity contribution is 5.93. The fourth-order valence-corrected chi connectivity index (χ4v) is 5.39. The summed E-state index contributed by atoms with van der Waals surface area (Å²) in [5.74, 6) is 0.979. The number of aliphatic hydroxyl groups is 1. The van der Waals surface area contributed by atoms with Crippen molar-refractivity contribution in [3.8, 4) is 17.0 Å². The summed E-state index contributed by atoms with van der Waals surface area (Å²) in [5, 5.41) is 11.9. The van der Waals surface area contributed by atoms with Crippen LogP contribution in [0.1, 0.15) is 37.7 Å². The van der Waals surface area contributed by atoms with Crippen molar-refractivity contribution in [1.82, 2.24) is 9.47 Å². The monoisotopic (exact) mass is 433 g/mol. The summed E-state index contributed by atoms with van der Waals surface area (Å²) in [4.78, 5) is 2.37. The van der Waals surface area contributed by atoms with Gasteiger partial charge in [-0.25, -0.2) is 0 Å². The molecule has 0 amide bonds. The molecule has 0 aliphatic carbocycles. The molecule has 3 N–H and O–H groups in total. The predicted octanol–water partition coefficient (Wildman–Crippen LogP) is 4.20. The van der Waals surface area contributed by atoms with Crippen LogP contribution in [0.3, 0.4) is 0 Å². The van der Waals surface area contributed by atoms with Crippen molar-refractivity contribution < 1.29 is 9.84 Å². The second-order valence-corrected chi connectivity index (χ2v) is 9.38. The van der Waals surface area contributed by atoms with E-state index >= 15 is 0 Å². The molecule has 0 radical (unpaired) electrons. The topological polar surface area (TPSA) is 63.6 Å². The van der Waals surface area contributed by atoms with Crippen LogP contribution in [0.25, 0.3) is 22.2 Å². The smallest absolute Gasteiger partial charge is 0.128 e. The average Bonchev–Trinajstić information content (AvgIpc) is 2.99. The van der Waals surface area contributed by atoms with Gasteiger partial charge < -0.3 is 25.0 Å². The summed E-state index contributed by atoms with van der Waals surface area (Å²) in [6.45, 7) is 4.47. The van der Waals surface area contributed by atoms with Crippen molar-refractivity contribution in [2.75, 3.05) is 26.2 Å². The van der Waals surface area contributed by atoms with Gasteiger partial charge >= 0.3 is 0 Å². The molecule has 1 atom stereocenters. The molecule has 1 aromatic heterocycles. The number of fused-ring (bicyclic) bond motifs is 5. The quantitative estimate of drug-likeness (QED) is 0.548. The molecule has 1 unspecified atom stereocenters. The minimum atomic E-state index is -0.253. The number of benzene rings is 2. The molecule has 5 nitrogen and oxygen atoms in total. The van der Waals surface area contributed by atoms with E-state index in [0.717, 1.165) is 70.5 Å². The number of nitrogens with zero attached hydrogens (tertiary/aromatic N) is 2. The van der Waals surface area contributed by atoms with Crippen molar-refractivity contribution in [2.24, 2.45) is 5.73 Å². The SMILES string of the molecule is NC1CCN(CC(O)CCCCn2c3c(c4ccccc42)CCOc2ccccc2-3)CC1. The van der Waals surface area contributed by atoms with E-state index < -0.39 is 0 Å². The van der Waals surface area contributed by atoms with Crippen molar-refractivity contribution in [1.29, 1.82) is 0 Å². The number of hydrogen-bond donors (Lipinski definition) is 2. The second-order valence-electron chi connectivity index (χ2n) is 9.38. The summed E-state index contributed by atoms with van der Waals surface area (Å²) in [6.07, 6.45) is 5.69. The van der Waals surface area contributed by atoms with E-state index in [4.69, 9.17) is 10.5 Å². The third kappa shape index (κ3) is 4.42. The molecule has 170 valence electrons. The Hall–Kier alpha value is -2.34. The number of unbranched alkanes of at least 4 members (excludes halogenated alkanes) is 1. The standard InChI is InChI=1S/C27H35N3O2/c28-20-12-16-29(17-13-20)19-21(31)7-5-6-15-30-25-10-3-1-8-22(25)23-14-18-32-26-11-4-2-9-24(26)27(23)30/h1-4,8-11,20-21,31H,5-7,12-19,28H2. The number of aryl methyl sites for hydroxylation is 1. The van der Waals surface area contributed by atoms with E-state index in [2.05, 4.69) is 51.9 Å². The minimum Gasteiger partial charge on any atom is -0.493 e. The number of aromatic nitrogens is 1. The normalized spacial score (nSPS) is 18.1. The predicted molar refractivity (Wildman–Crippen MR) is 130 cm³/mol. The second kappa shape index (κ2) is 9.65. The zero-order chi connectivity index (χ0) is 21.9. The van der Waals surface area contributed by atoms with Gasteiger partial charge in [-0.05, 0) is 69.0 Å². The lowest BCUT2D eigenvalue weighted by molar-refractivity contribution is 0.0893. The van der Waals surface area contributed by atoms with Crippen LogP contribution in [0.4, 0.5) is 0 Å². The number of likely N-dealkylation sites (tertiary alicyclic amines) is 1. The molecule has 5 rings (SSSR count). The number of ether oxygens (including phenoxy) is 1. The molecule has 5 heteroatoms. The first-order chi connectivity index (χ1) is 15.7. The lowest BCUT2D eigenvalue weighted by Crippen LogP contribution is -2.42. The highest BCUT2D eigenvalue weighted by atomic mass is 16.5. The molecular weight excluding hydrogens is 398 g/mol. The Bertz CT molecular complexity index is 1050. The van der Waals surface area contributed by atoms with Crippen LogP contribution in [0.2, 0.25) is 0 Å². The number of rotatable bonds is 7. The molecular formula is C27H35N3O2. The molecule has 3 aromatic rings. The van der Waals surface area contributed by atoms with Gasteiger partial charge in [0.05, 0.1) is 18.4 Å². The van der Waals surface area contributed by atoms with E-state index in [1.807, 2.05) is 6.07 Å². The van der Waals surface area contributed by atoms with Crippen molar-refractivity contribution in [3.63, 3.8) is 0 Å². The molecule has 0 saturated carbocycles. The molecule has 2 aliphatic rings. The van der Waals surface area contributed by atoms with Crippen LogP contribution in [0, 0.1) is 0 Å². The van der Waals surface area contributed by atoms with Gasteiger partial charge in [0.1, 0.15) is 5.75 Å². The molecule has 0 spiro atoms. The third-order valence-corrected chi connectivity index (χ3v) is 7.10. The summed E-state index contributed by atoms with van der Waals surface area (Å²) in [7, 11) is 0. The molecule has 3 heterocycles. The minimum absolute atomic E-state index is 0.253. The van der Waals surface area contributed by atoms with Gasteiger partial charge in [0.25, 0.3) is 0 Å². The fourth-order valence-electron chi connectivity index (χ4n) is 5.39. The first-order valence-electron chi connectivity index (χ1n) is 12.2. The van der Waals surface area contributed by atoms with Crippen molar-refractivity contribution in [3.05, 3.63) is 54.1 Å². The summed E-state index contributed by atoms with van der Waals surface area (Å²) in [6, 6.07) is 17.5. The first-order valence-corrected chi connectivity index (χ1v) is 12.2. The molecule has 2 aromatic carbocycles. The molecule has 0 bridgehead atoms. The Kier molecular flexibility index (Phi) is 6.49. The number of hydrogen-bond acceptors (Lipinski definition) is 4. The highest BCUT2D eigenvalue weighted by Crippen LogP contribution is 2.40. The largest absolute Gasteiger partial charge is 0.493 e. The van der Waals surface area contributed by atoms with Crippen LogP contribution < -0.4 is 10.5 Å². The number of piperidine rings is 1. The van der Waals surface area contributed by atoms with Gasteiger partial charge in [-0.1, -0.05) is 30.3 Å².